The molecule has 0 atom stereocenters. The minimum atomic E-state index is 0.367. The van der Waals surface area contributed by atoms with Crippen molar-refractivity contribution in [1.82, 2.24) is 9.97 Å². The Kier molecular flexibility index (Phi) is 3.94. The fraction of sp³-hybridized carbons (Fsp3) is 0.750. The predicted octanol–water partition coefficient (Wildman–Crippen LogP) is 3.81. The van der Waals surface area contributed by atoms with E-state index in [9.17, 15) is 0 Å². The van der Waals surface area contributed by atoms with Gasteiger partial charge in [-0.2, -0.15) is 4.98 Å². The number of nitrogens with zero attached hydrogens (tertiary/aromatic N) is 2. The van der Waals surface area contributed by atoms with E-state index in [1.807, 2.05) is 13.0 Å². The summed E-state index contributed by atoms with van der Waals surface area (Å²) in [6, 6.07) is 2.33. The zero-order valence-electron chi connectivity index (χ0n) is 13.6. The van der Waals surface area contributed by atoms with Crippen LogP contribution in [0, 0.1) is 17.8 Å². The monoisotopic (exact) mass is 277 g/mol. The molecule has 0 unspecified atom stereocenters. The number of aromatic nitrogens is 2. The largest absolute Gasteiger partial charge is 0.481 e. The van der Waals surface area contributed by atoms with Gasteiger partial charge in [-0.15, -0.1) is 0 Å². The van der Waals surface area contributed by atoms with Crippen molar-refractivity contribution in [2.75, 3.05) is 12.4 Å². The van der Waals surface area contributed by atoms with Gasteiger partial charge >= 0.3 is 0 Å². The summed E-state index contributed by atoms with van der Waals surface area (Å²) in [6.45, 7) is 11.3. The van der Waals surface area contributed by atoms with E-state index in [-0.39, 0.29) is 0 Å². The van der Waals surface area contributed by atoms with Crippen LogP contribution in [0.25, 0.3) is 0 Å². The lowest BCUT2D eigenvalue weighted by Gasteiger charge is -2.45. The number of rotatable bonds is 3. The molecule has 1 aromatic rings. The van der Waals surface area contributed by atoms with Gasteiger partial charge < -0.3 is 10.1 Å². The molecule has 2 rings (SSSR count). The maximum Gasteiger partial charge on any atom is 0.218 e. The van der Waals surface area contributed by atoms with Crippen LogP contribution >= 0.6 is 0 Å². The summed E-state index contributed by atoms with van der Waals surface area (Å²) >= 11 is 0. The van der Waals surface area contributed by atoms with Gasteiger partial charge in [-0.25, -0.2) is 4.98 Å². The Morgan fingerprint density at radius 3 is 2.30 bits per heavy atom. The highest BCUT2D eigenvalue weighted by Crippen LogP contribution is 2.46. The highest BCUT2D eigenvalue weighted by molar-refractivity contribution is 5.39. The number of methoxy groups -OCH3 is 1. The van der Waals surface area contributed by atoms with E-state index in [0.717, 1.165) is 11.6 Å². The van der Waals surface area contributed by atoms with Crippen molar-refractivity contribution in [2.45, 2.75) is 59.9 Å². The highest BCUT2D eigenvalue weighted by Gasteiger charge is 2.38. The number of aryl methyl sites for hydroxylation is 1. The van der Waals surface area contributed by atoms with Crippen LogP contribution in [0.15, 0.2) is 6.07 Å². The third-order valence-electron chi connectivity index (χ3n) is 3.93. The molecule has 1 N–H and O–H groups in total. The van der Waals surface area contributed by atoms with E-state index >= 15 is 0 Å². The molecule has 1 fully saturated rings. The summed E-state index contributed by atoms with van der Waals surface area (Å²) in [4.78, 5) is 8.70. The van der Waals surface area contributed by atoms with Crippen molar-refractivity contribution in [3.63, 3.8) is 0 Å². The molecule has 0 bridgehead atoms. The summed E-state index contributed by atoms with van der Waals surface area (Å²) in [5.74, 6) is 2.23. The highest BCUT2D eigenvalue weighted by atomic mass is 16.5. The molecule has 0 amide bonds. The standard InChI is InChI=1S/C16H27N3O/c1-11-17-13(7-14(18-11)20-6)19-12-8-15(2,3)10-16(4,5)9-12/h7,12H,8-10H2,1-6H3,(H,17,18,19). The fourth-order valence-corrected chi connectivity index (χ4v) is 3.88. The number of nitrogens with one attached hydrogen (secondary N) is 1. The molecule has 0 radical (unpaired) electrons. The van der Waals surface area contributed by atoms with Crippen LogP contribution in [0.5, 0.6) is 5.88 Å². The van der Waals surface area contributed by atoms with Gasteiger partial charge in [0.1, 0.15) is 11.6 Å². The normalized spacial score (nSPS) is 21.5. The van der Waals surface area contributed by atoms with Gasteiger partial charge in [0.2, 0.25) is 5.88 Å². The predicted molar refractivity (Wildman–Crippen MR) is 82.1 cm³/mol. The van der Waals surface area contributed by atoms with Gasteiger partial charge in [0, 0.05) is 12.1 Å². The fourth-order valence-electron chi connectivity index (χ4n) is 3.88. The quantitative estimate of drug-likeness (QED) is 0.912. The van der Waals surface area contributed by atoms with E-state index < -0.39 is 0 Å². The van der Waals surface area contributed by atoms with Crippen LogP contribution in [-0.4, -0.2) is 23.1 Å². The number of anilines is 1. The Balaban J connectivity index is 2.15. The summed E-state index contributed by atoms with van der Waals surface area (Å²) in [7, 11) is 1.64. The Bertz CT molecular complexity index is 467. The molecular weight excluding hydrogens is 250 g/mol. The van der Waals surface area contributed by atoms with Crippen LogP contribution in [0.3, 0.4) is 0 Å². The zero-order valence-corrected chi connectivity index (χ0v) is 13.6. The second kappa shape index (κ2) is 5.23. The minimum Gasteiger partial charge on any atom is -0.481 e. The van der Waals surface area contributed by atoms with Crippen LogP contribution in [0.4, 0.5) is 5.82 Å². The van der Waals surface area contributed by atoms with E-state index in [1.54, 1.807) is 7.11 Å². The lowest BCUT2D eigenvalue weighted by molar-refractivity contribution is 0.105. The van der Waals surface area contributed by atoms with Crippen molar-refractivity contribution < 1.29 is 4.74 Å². The van der Waals surface area contributed by atoms with Crippen LogP contribution in [-0.2, 0) is 0 Å². The van der Waals surface area contributed by atoms with Crippen molar-refractivity contribution in [1.29, 1.82) is 0 Å². The molecular formula is C16H27N3O. The Hall–Kier alpha value is -1.32. The molecule has 1 heterocycles. The molecule has 0 aromatic carbocycles. The minimum absolute atomic E-state index is 0.367. The van der Waals surface area contributed by atoms with Gasteiger partial charge in [0.25, 0.3) is 0 Å². The molecule has 0 aliphatic heterocycles. The van der Waals surface area contributed by atoms with Crippen molar-refractivity contribution in [2.24, 2.45) is 10.8 Å². The number of ether oxygens (including phenoxy) is 1. The van der Waals surface area contributed by atoms with Crippen LogP contribution in [0.2, 0.25) is 0 Å². The number of hydrogen-bond donors (Lipinski definition) is 1. The topological polar surface area (TPSA) is 47.0 Å². The summed E-state index contributed by atoms with van der Waals surface area (Å²) in [5, 5.41) is 3.58. The van der Waals surface area contributed by atoms with Gasteiger partial charge in [0.05, 0.1) is 7.11 Å². The van der Waals surface area contributed by atoms with Gasteiger partial charge in [0.15, 0.2) is 0 Å². The van der Waals surface area contributed by atoms with Gasteiger partial charge in [-0.05, 0) is 37.0 Å². The SMILES string of the molecule is COc1cc(NC2CC(C)(C)CC(C)(C)C2)nc(C)n1. The Labute approximate surface area is 122 Å². The second-order valence-corrected chi connectivity index (χ2v) is 7.60. The summed E-state index contributed by atoms with van der Waals surface area (Å²) in [6.07, 6.45) is 3.61. The van der Waals surface area contributed by atoms with Crippen LogP contribution in [0.1, 0.15) is 52.8 Å². The molecule has 4 nitrogen and oxygen atoms in total. The third-order valence-corrected chi connectivity index (χ3v) is 3.93. The van der Waals surface area contributed by atoms with Crippen molar-refractivity contribution in [3.8, 4) is 5.88 Å². The van der Waals surface area contributed by atoms with Crippen molar-refractivity contribution >= 4 is 5.82 Å². The van der Waals surface area contributed by atoms with Gasteiger partial charge in [-0.1, -0.05) is 27.7 Å². The Morgan fingerprint density at radius 1 is 1.15 bits per heavy atom. The average Bonchev–Trinajstić information content (AvgIpc) is 2.23. The first kappa shape index (κ1) is 15.1. The molecule has 1 aliphatic rings. The molecule has 1 saturated carbocycles. The smallest absolute Gasteiger partial charge is 0.218 e. The number of hydrogen-bond acceptors (Lipinski definition) is 4. The summed E-state index contributed by atoms with van der Waals surface area (Å²) in [5.41, 5.74) is 0.733. The maximum absolute atomic E-state index is 5.22. The third kappa shape index (κ3) is 3.84. The van der Waals surface area contributed by atoms with E-state index in [1.165, 1.54) is 19.3 Å². The maximum atomic E-state index is 5.22. The molecule has 0 spiro atoms. The molecule has 20 heavy (non-hydrogen) atoms. The zero-order chi connectivity index (χ0) is 15.0. The first-order valence-electron chi connectivity index (χ1n) is 7.35. The first-order valence-corrected chi connectivity index (χ1v) is 7.35. The van der Waals surface area contributed by atoms with E-state index in [2.05, 4.69) is 43.0 Å². The van der Waals surface area contributed by atoms with E-state index in [0.29, 0.717) is 22.8 Å². The summed E-state index contributed by atoms with van der Waals surface area (Å²) < 4.78 is 5.22. The lowest BCUT2D eigenvalue weighted by Crippen LogP contribution is -2.40. The molecule has 1 aliphatic carbocycles. The van der Waals surface area contributed by atoms with E-state index in [4.69, 9.17) is 4.74 Å². The molecule has 1 aromatic heterocycles. The first-order chi connectivity index (χ1) is 9.19. The van der Waals surface area contributed by atoms with Gasteiger partial charge in [-0.3, -0.25) is 0 Å². The average molecular weight is 277 g/mol. The van der Waals surface area contributed by atoms with Crippen LogP contribution < -0.4 is 10.1 Å². The molecule has 0 saturated heterocycles. The lowest BCUT2D eigenvalue weighted by atomic mass is 9.63. The second-order valence-electron chi connectivity index (χ2n) is 7.60. The van der Waals surface area contributed by atoms with Crippen molar-refractivity contribution in [3.05, 3.63) is 11.9 Å². The molecule has 4 heteroatoms. The Morgan fingerprint density at radius 2 is 1.75 bits per heavy atom. The molecule has 112 valence electrons.